The van der Waals surface area contributed by atoms with Crippen LogP contribution in [0.4, 0.5) is 0 Å². The molecule has 4 nitrogen and oxygen atoms in total. The second kappa shape index (κ2) is 5.27. The molecule has 106 valence electrons. The number of rotatable bonds is 4. The Morgan fingerprint density at radius 3 is 2.80 bits per heavy atom. The molecule has 0 saturated heterocycles. The van der Waals surface area contributed by atoms with Gasteiger partial charge in [0.15, 0.2) is 4.96 Å². The lowest BCUT2D eigenvalue weighted by molar-refractivity contribution is 0.561. The Labute approximate surface area is 126 Å². The van der Waals surface area contributed by atoms with E-state index in [-0.39, 0.29) is 6.04 Å². The highest BCUT2D eigenvalue weighted by Gasteiger charge is 2.14. The zero-order valence-corrected chi connectivity index (χ0v) is 13.7. The molecular weight excluding hydrogens is 288 g/mol. The van der Waals surface area contributed by atoms with Crippen LogP contribution in [-0.2, 0) is 6.54 Å². The van der Waals surface area contributed by atoms with Crippen LogP contribution in [0.5, 0.6) is 0 Å². The van der Waals surface area contributed by atoms with Gasteiger partial charge in [-0.25, -0.2) is 9.97 Å². The molecule has 0 bridgehead atoms. The predicted octanol–water partition coefficient (Wildman–Crippen LogP) is 3.63. The summed E-state index contributed by atoms with van der Waals surface area (Å²) in [7, 11) is 0. The monoisotopic (exact) mass is 306 g/mol. The number of thiazole rings is 2. The molecule has 3 aromatic heterocycles. The molecule has 0 aliphatic rings. The zero-order chi connectivity index (χ0) is 14.3. The summed E-state index contributed by atoms with van der Waals surface area (Å²) < 4.78 is 2.20. The molecule has 0 aliphatic heterocycles. The van der Waals surface area contributed by atoms with Crippen molar-refractivity contribution < 1.29 is 0 Å². The van der Waals surface area contributed by atoms with E-state index >= 15 is 0 Å². The summed E-state index contributed by atoms with van der Waals surface area (Å²) in [5.74, 6) is 0. The maximum absolute atomic E-state index is 4.62. The highest BCUT2D eigenvalue weighted by atomic mass is 32.1. The van der Waals surface area contributed by atoms with Crippen molar-refractivity contribution in [1.29, 1.82) is 0 Å². The maximum atomic E-state index is 4.62. The van der Waals surface area contributed by atoms with E-state index in [2.05, 4.69) is 52.0 Å². The first-order valence-corrected chi connectivity index (χ1v) is 8.33. The minimum absolute atomic E-state index is 0.262. The molecule has 0 spiro atoms. The van der Waals surface area contributed by atoms with Crippen LogP contribution in [-0.4, -0.2) is 14.4 Å². The van der Waals surface area contributed by atoms with E-state index in [4.69, 9.17) is 0 Å². The Bertz CT molecular complexity index is 738. The smallest absolute Gasteiger partial charge is 0.194 e. The first-order chi connectivity index (χ1) is 9.54. The van der Waals surface area contributed by atoms with Gasteiger partial charge in [0.1, 0.15) is 5.01 Å². The number of aromatic nitrogens is 3. The standard InChI is InChI=1S/C14H18N4S2/c1-8-7-19-13(16-8)11(4)15-5-12-10(3)17-14-18(12)6-9(2)20-14/h6-7,11,15H,5H2,1-4H3. The SMILES string of the molecule is Cc1csc(C(C)NCc2c(C)nc3sc(C)cn23)n1. The average Bonchev–Trinajstić information content (AvgIpc) is 3.02. The Kier molecular flexibility index (Phi) is 3.62. The fourth-order valence-corrected chi connectivity index (χ4v) is 3.95. The molecule has 0 amide bonds. The second-order valence-electron chi connectivity index (χ2n) is 5.07. The minimum atomic E-state index is 0.262. The second-order valence-corrected chi connectivity index (χ2v) is 7.17. The summed E-state index contributed by atoms with van der Waals surface area (Å²) in [6.07, 6.45) is 2.16. The summed E-state index contributed by atoms with van der Waals surface area (Å²) in [6.45, 7) is 9.19. The molecule has 20 heavy (non-hydrogen) atoms. The Balaban J connectivity index is 1.78. The molecular formula is C14H18N4S2. The van der Waals surface area contributed by atoms with Gasteiger partial charge in [0.2, 0.25) is 0 Å². The van der Waals surface area contributed by atoms with Crippen molar-refractivity contribution in [2.24, 2.45) is 0 Å². The van der Waals surface area contributed by atoms with Crippen molar-refractivity contribution in [2.75, 3.05) is 0 Å². The van der Waals surface area contributed by atoms with Gasteiger partial charge in [-0.1, -0.05) is 0 Å². The van der Waals surface area contributed by atoms with Gasteiger partial charge < -0.3 is 5.32 Å². The van der Waals surface area contributed by atoms with E-state index in [1.54, 1.807) is 22.7 Å². The predicted molar refractivity (Wildman–Crippen MR) is 84.6 cm³/mol. The van der Waals surface area contributed by atoms with Gasteiger partial charge in [0.05, 0.1) is 17.4 Å². The van der Waals surface area contributed by atoms with Crippen LogP contribution in [0.1, 0.15) is 39.9 Å². The van der Waals surface area contributed by atoms with Crippen molar-refractivity contribution in [3.05, 3.63) is 38.5 Å². The van der Waals surface area contributed by atoms with Crippen molar-refractivity contribution in [3.63, 3.8) is 0 Å². The van der Waals surface area contributed by atoms with E-state index < -0.39 is 0 Å². The van der Waals surface area contributed by atoms with E-state index in [1.165, 1.54) is 10.6 Å². The normalized spacial score (nSPS) is 13.2. The molecule has 0 fully saturated rings. The topological polar surface area (TPSA) is 42.2 Å². The van der Waals surface area contributed by atoms with Crippen molar-refractivity contribution >= 4 is 27.6 Å². The largest absolute Gasteiger partial charge is 0.302 e. The highest BCUT2D eigenvalue weighted by molar-refractivity contribution is 7.17. The van der Waals surface area contributed by atoms with Crippen LogP contribution in [0.3, 0.4) is 0 Å². The molecule has 3 aromatic rings. The molecule has 0 saturated carbocycles. The summed E-state index contributed by atoms with van der Waals surface area (Å²) in [5.41, 5.74) is 3.44. The average molecular weight is 306 g/mol. The zero-order valence-electron chi connectivity index (χ0n) is 12.1. The Morgan fingerprint density at radius 1 is 1.30 bits per heavy atom. The molecule has 1 atom stereocenters. The number of hydrogen-bond acceptors (Lipinski definition) is 5. The lowest BCUT2D eigenvalue weighted by atomic mass is 10.3. The number of nitrogens with zero attached hydrogens (tertiary/aromatic N) is 3. The first kappa shape index (κ1) is 13.7. The fraction of sp³-hybridized carbons (Fsp3) is 0.429. The molecule has 1 N–H and O–H groups in total. The van der Waals surface area contributed by atoms with Crippen LogP contribution in [0.2, 0.25) is 0 Å². The van der Waals surface area contributed by atoms with Gasteiger partial charge in [-0.2, -0.15) is 0 Å². The highest BCUT2D eigenvalue weighted by Crippen LogP contribution is 2.22. The van der Waals surface area contributed by atoms with E-state index in [0.717, 1.165) is 27.9 Å². The number of imidazole rings is 1. The Morgan fingerprint density at radius 2 is 2.10 bits per heavy atom. The molecule has 3 rings (SSSR count). The number of fused-ring (bicyclic) bond motifs is 1. The third kappa shape index (κ3) is 2.51. The van der Waals surface area contributed by atoms with E-state index in [1.807, 2.05) is 6.92 Å². The van der Waals surface area contributed by atoms with Crippen LogP contribution in [0.15, 0.2) is 11.6 Å². The van der Waals surface area contributed by atoms with Crippen molar-refractivity contribution in [3.8, 4) is 0 Å². The van der Waals surface area contributed by atoms with Gasteiger partial charge in [0.25, 0.3) is 0 Å². The fourth-order valence-electron chi connectivity index (χ4n) is 2.23. The molecule has 0 aromatic carbocycles. The van der Waals surface area contributed by atoms with Gasteiger partial charge in [-0.05, 0) is 27.7 Å². The van der Waals surface area contributed by atoms with Gasteiger partial charge in [0, 0.05) is 28.7 Å². The number of nitrogens with one attached hydrogen (secondary N) is 1. The quantitative estimate of drug-likeness (QED) is 0.800. The first-order valence-electron chi connectivity index (χ1n) is 6.64. The van der Waals surface area contributed by atoms with E-state index in [0.29, 0.717) is 0 Å². The lowest BCUT2D eigenvalue weighted by Crippen LogP contribution is -2.19. The van der Waals surface area contributed by atoms with E-state index in [9.17, 15) is 0 Å². The van der Waals surface area contributed by atoms with Crippen LogP contribution in [0.25, 0.3) is 4.96 Å². The summed E-state index contributed by atoms with van der Waals surface area (Å²) in [4.78, 5) is 11.5. The van der Waals surface area contributed by atoms with Crippen LogP contribution >= 0.6 is 22.7 Å². The third-order valence-electron chi connectivity index (χ3n) is 3.32. The molecule has 0 radical (unpaired) electrons. The number of aryl methyl sites for hydroxylation is 3. The molecule has 0 aliphatic carbocycles. The lowest BCUT2D eigenvalue weighted by Gasteiger charge is -2.11. The molecule has 1 unspecified atom stereocenters. The van der Waals surface area contributed by atoms with Crippen molar-refractivity contribution in [2.45, 2.75) is 40.3 Å². The van der Waals surface area contributed by atoms with Gasteiger partial charge >= 0.3 is 0 Å². The number of hydrogen-bond donors (Lipinski definition) is 1. The van der Waals surface area contributed by atoms with Crippen LogP contribution in [0, 0.1) is 20.8 Å². The van der Waals surface area contributed by atoms with Crippen LogP contribution < -0.4 is 5.32 Å². The van der Waals surface area contributed by atoms with Gasteiger partial charge in [-0.3, -0.25) is 4.40 Å². The van der Waals surface area contributed by atoms with Crippen molar-refractivity contribution in [1.82, 2.24) is 19.7 Å². The Hall–Kier alpha value is -1.24. The third-order valence-corrected chi connectivity index (χ3v) is 5.37. The summed E-state index contributed by atoms with van der Waals surface area (Å²) in [5, 5.41) is 6.78. The molecule has 6 heteroatoms. The molecule has 3 heterocycles. The maximum Gasteiger partial charge on any atom is 0.194 e. The summed E-state index contributed by atoms with van der Waals surface area (Å²) in [6, 6.07) is 0.262. The summed E-state index contributed by atoms with van der Waals surface area (Å²) >= 11 is 3.45. The van der Waals surface area contributed by atoms with Gasteiger partial charge in [-0.15, -0.1) is 22.7 Å². The minimum Gasteiger partial charge on any atom is -0.302 e.